The number of hydrogen-bond donors (Lipinski definition) is 1. The van der Waals surface area contributed by atoms with Crippen LogP contribution in [0.4, 0.5) is 0 Å². The minimum atomic E-state index is 0.161. The van der Waals surface area contributed by atoms with Crippen LogP contribution in [0, 0.1) is 0 Å². The van der Waals surface area contributed by atoms with E-state index >= 15 is 0 Å². The van der Waals surface area contributed by atoms with Crippen molar-refractivity contribution in [2.24, 2.45) is 5.73 Å². The van der Waals surface area contributed by atoms with Crippen molar-refractivity contribution in [3.05, 3.63) is 21.3 Å². The zero-order valence-corrected chi connectivity index (χ0v) is 15.0. The topological polar surface area (TPSA) is 32.5 Å². The fraction of sp³-hybridized carbons (Fsp3) is 0.750. The molecule has 0 radical (unpaired) electrons. The maximum Gasteiger partial charge on any atom is 0.0931 e. The van der Waals surface area contributed by atoms with E-state index in [2.05, 4.69) is 36.8 Å². The molecule has 2 atom stereocenters. The summed E-state index contributed by atoms with van der Waals surface area (Å²) in [5.74, 6) is 0. The van der Waals surface area contributed by atoms with Crippen LogP contribution in [0.25, 0.3) is 0 Å². The molecule has 0 aliphatic carbocycles. The Morgan fingerprint density at radius 2 is 2.05 bits per heavy atom. The number of thiophene rings is 1. The summed E-state index contributed by atoms with van der Waals surface area (Å²) in [6.07, 6.45) is 3.45. The monoisotopic (exact) mass is 329 g/mol. The minimum Gasteiger partial charge on any atom is -0.326 e. The molecule has 1 fully saturated rings. The van der Waals surface area contributed by atoms with Crippen LogP contribution in [-0.4, -0.2) is 48.6 Å². The van der Waals surface area contributed by atoms with Gasteiger partial charge in [-0.1, -0.05) is 25.4 Å². The van der Waals surface area contributed by atoms with Crippen LogP contribution in [0.15, 0.2) is 12.1 Å². The van der Waals surface area contributed by atoms with Gasteiger partial charge in [0.2, 0.25) is 0 Å². The van der Waals surface area contributed by atoms with E-state index in [0.29, 0.717) is 6.04 Å². The van der Waals surface area contributed by atoms with Gasteiger partial charge >= 0.3 is 0 Å². The number of nitrogens with two attached hydrogens (primary N) is 1. The standard InChI is InChI=1S/C16H28ClN3S/c1-4-13(18)16(14-6-7-15(17)21-14)19(3)12-8-10-20(5-2)11-9-12/h6-7,12-13,16H,4-5,8-11,18H2,1-3H3. The number of likely N-dealkylation sites (N-methyl/N-ethyl adjacent to an activating group) is 1. The Labute approximate surface area is 138 Å². The lowest BCUT2D eigenvalue weighted by Gasteiger charge is -2.41. The van der Waals surface area contributed by atoms with Crippen LogP contribution in [0.2, 0.25) is 4.34 Å². The molecule has 0 aromatic carbocycles. The van der Waals surface area contributed by atoms with E-state index in [4.69, 9.17) is 17.3 Å². The van der Waals surface area contributed by atoms with Gasteiger partial charge in [0.1, 0.15) is 0 Å². The Morgan fingerprint density at radius 1 is 1.38 bits per heavy atom. The van der Waals surface area contributed by atoms with E-state index in [9.17, 15) is 0 Å². The Morgan fingerprint density at radius 3 is 2.52 bits per heavy atom. The summed E-state index contributed by atoms with van der Waals surface area (Å²) < 4.78 is 0.854. The van der Waals surface area contributed by atoms with Crippen LogP contribution in [0.1, 0.15) is 44.0 Å². The normalized spacial score (nSPS) is 20.9. The number of rotatable bonds is 6. The van der Waals surface area contributed by atoms with Crippen molar-refractivity contribution in [3.8, 4) is 0 Å². The number of likely N-dealkylation sites (tertiary alicyclic amines) is 1. The predicted octanol–water partition coefficient (Wildman–Crippen LogP) is 3.60. The molecule has 1 aliphatic rings. The first-order valence-corrected chi connectivity index (χ1v) is 9.21. The second-order valence-electron chi connectivity index (χ2n) is 5.99. The van der Waals surface area contributed by atoms with Gasteiger partial charge in [0.15, 0.2) is 0 Å². The van der Waals surface area contributed by atoms with Crippen molar-refractivity contribution in [2.45, 2.75) is 51.2 Å². The molecule has 2 N–H and O–H groups in total. The zero-order valence-electron chi connectivity index (χ0n) is 13.4. The third-order valence-corrected chi connectivity index (χ3v) is 6.08. The Hall–Kier alpha value is -0.130. The molecule has 0 amide bonds. The second-order valence-corrected chi connectivity index (χ2v) is 7.74. The van der Waals surface area contributed by atoms with E-state index in [1.807, 2.05) is 6.07 Å². The summed E-state index contributed by atoms with van der Waals surface area (Å²) in [5.41, 5.74) is 6.43. The molecule has 120 valence electrons. The highest BCUT2D eigenvalue weighted by Gasteiger charge is 2.31. The van der Waals surface area contributed by atoms with Crippen LogP contribution in [-0.2, 0) is 0 Å². The van der Waals surface area contributed by atoms with Crippen molar-refractivity contribution in [3.63, 3.8) is 0 Å². The van der Waals surface area contributed by atoms with Gasteiger partial charge in [-0.05, 0) is 58.1 Å². The zero-order chi connectivity index (χ0) is 15.4. The van der Waals surface area contributed by atoms with Gasteiger partial charge in [-0.25, -0.2) is 0 Å². The van der Waals surface area contributed by atoms with Crippen LogP contribution in [0.5, 0.6) is 0 Å². The van der Waals surface area contributed by atoms with Gasteiger partial charge in [-0.3, -0.25) is 4.90 Å². The first-order valence-electron chi connectivity index (χ1n) is 8.01. The molecule has 1 aliphatic heterocycles. The summed E-state index contributed by atoms with van der Waals surface area (Å²) in [5, 5.41) is 0. The molecule has 2 unspecified atom stereocenters. The van der Waals surface area contributed by atoms with Crippen molar-refractivity contribution in [1.29, 1.82) is 0 Å². The number of nitrogens with zero attached hydrogens (tertiary/aromatic N) is 2. The summed E-state index contributed by atoms with van der Waals surface area (Å²) in [4.78, 5) is 6.33. The van der Waals surface area contributed by atoms with Crippen LogP contribution >= 0.6 is 22.9 Å². The molecule has 21 heavy (non-hydrogen) atoms. The molecular formula is C16H28ClN3S. The van der Waals surface area contributed by atoms with Crippen LogP contribution in [0.3, 0.4) is 0 Å². The van der Waals surface area contributed by atoms with Crippen LogP contribution < -0.4 is 5.73 Å². The molecule has 1 aromatic rings. The van der Waals surface area contributed by atoms with Crippen molar-refractivity contribution < 1.29 is 0 Å². The third kappa shape index (κ3) is 4.20. The van der Waals surface area contributed by atoms with E-state index < -0.39 is 0 Å². The molecule has 5 heteroatoms. The molecule has 3 nitrogen and oxygen atoms in total. The van der Waals surface area contributed by atoms with Gasteiger partial charge < -0.3 is 10.6 Å². The lowest BCUT2D eigenvalue weighted by Crippen LogP contribution is -2.48. The van der Waals surface area contributed by atoms with Crippen molar-refractivity contribution in [1.82, 2.24) is 9.80 Å². The maximum atomic E-state index is 6.43. The average Bonchev–Trinajstić information content (AvgIpc) is 2.93. The largest absolute Gasteiger partial charge is 0.326 e. The van der Waals surface area contributed by atoms with E-state index in [1.54, 1.807) is 11.3 Å². The quantitative estimate of drug-likeness (QED) is 0.865. The van der Waals surface area contributed by atoms with Gasteiger partial charge in [0.25, 0.3) is 0 Å². The average molecular weight is 330 g/mol. The fourth-order valence-electron chi connectivity index (χ4n) is 3.29. The Balaban J connectivity index is 2.10. The maximum absolute atomic E-state index is 6.43. The fourth-order valence-corrected chi connectivity index (χ4v) is 4.58. The molecule has 1 saturated heterocycles. The van der Waals surface area contributed by atoms with Crippen molar-refractivity contribution >= 4 is 22.9 Å². The lowest BCUT2D eigenvalue weighted by atomic mass is 9.97. The molecule has 2 rings (SSSR count). The summed E-state index contributed by atoms with van der Waals surface area (Å²) >= 11 is 7.80. The lowest BCUT2D eigenvalue weighted by molar-refractivity contribution is 0.0879. The highest BCUT2D eigenvalue weighted by atomic mass is 35.5. The number of halogens is 1. The molecule has 0 bridgehead atoms. The molecule has 0 spiro atoms. The highest BCUT2D eigenvalue weighted by molar-refractivity contribution is 7.16. The minimum absolute atomic E-state index is 0.161. The molecule has 1 aromatic heterocycles. The molecule has 2 heterocycles. The van der Waals surface area contributed by atoms with E-state index in [-0.39, 0.29) is 12.1 Å². The summed E-state index contributed by atoms with van der Waals surface area (Å²) in [7, 11) is 2.24. The smallest absolute Gasteiger partial charge is 0.0931 e. The number of piperidine rings is 1. The highest BCUT2D eigenvalue weighted by Crippen LogP contribution is 2.34. The Kier molecular flexibility index (Phi) is 6.51. The molecule has 0 saturated carbocycles. The third-order valence-electron chi connectivity index (χ3n) is 4.78. The van der Waals surface area contributed by atoms with Gasteiger partial charge in [0, 0.05) is 17.0 Å². The van der Waals surface area contributed by atoms with Crippen molar-refractivity contribution in [2.75, 3.05) is 26.7 Å². The van der Waals surface area contributed by atoms with Gasteiger partial charge in [-0.15, -0.1) is 11.3 Å². The molecular weight excluding hydrogens is 302 g/mol. The SMILES string of the molecule is CCC(N)C(c1ccc(Cl)s1)N(C)C1CCN(CC)CC1. The van der Waals surface area contributed by atoms with Gasteiger partial charge in [0.05, 0.1) is 10.4 Å². The second kappa shape index (κ2) is 7.93. The number of hydrogen-bond acceptors (Lipinski definition) is 4. The van der Waals surface area contributed by atoms with E-state index in [1.165, 1.54) is 30.8 Å². The first-order chi connectivity index (χ1) is 10.1. The van der Waals surface area contributed by atoms with Gasteiger partial charge in [-0.2, -0.15) is 0 Å². The van der Waals surface area contributed by atoms with E-state index in [0.717, 1.165) is 17.3 Å². The summed E-state index contributed by atoms with van der Waals surface area (Å²) in [6.45, 7) is 7.97. The Bertz CT molecular complexity index is 429. The predicted molar refractivity (Wildman–Crippen MR) is 93.2 cm³/mol. The first kappa shape index (κ1) is 17.2. The summed E-state index contributed by atoms with van der Waals surface area (Å²) in [6, 6.07) is 5.20.